The maximum Gasteiger partial charge on any atom is 0.494 e. The fraction of sp³-hybridized carbons (Fsp3) is 0.161. The van der Waals surface area contributed by atoms with Gasteiger partial charge in [-0.3, -0.25) is 0 Å². The molecule has 1 saturated heterocycles. The summed E-state index contributed by atoms with van der Waals surface area (Å²) in [7, 11) is -0.313. The second kappa shape index (κ2) is 6.54. The molecule has 35 heavy (non-hydrogen) atoms. The average molecular weight is 454 g/mol. The molecule has 3 nitrogen and oxygen atoms in total. The number of hydrogen-bond acceptors (Lipinski definition) is 3. The molecule has 0 spiro atoms. The summed E-state index contributed by atoms with van der Waals surface area (Å²) in [6, 6.07) is 32.3. The van der Waals surface area contributed by atoms with Gasteiger partial charge in [0, 0.05) is 17.2 Å². The van der Waals surface area contributed by atoms with Gasteiger partial charge in [-0.1, -0.05) is 66.7 Å². The van der Waals surface area contributed by atoms with E-state index in [9.17, 15) is 0 Å². The van der Waals surface area contributed by atoms with Crippen LogP contribution in [0.25, 0.3) is 54.6 Å². The normalized spacial score (nSPS) is 23.5. The van der Waals surface area contributed by atoms with Crippen LogP contribution in [-0.4, -0.2) is 18.3 Å². The van der Waals surface area contributed by atoms with Crippen molar-refractivity contribution in [1.29, 1.82) is 0 Å². The van der Waals surface area contributed by atoms with E-state index in [1.165, 1.54) is 32.7 Å². The van der Waals surface area contributed by atoms with Crippen LogP contribution in [0.5, 0.6) is 0 Å². The number of furan rings is 1. The highest BCUT2D eigenvalue weighted by molar-refractivity contribution is 6.62. The molecule has 2 heterocycles. The molecule has 8 rings (SSSR count). The first kappa shape index (κ1) is 19.7. The molecule has 6 aromatic rings. The van der Waals surface area contributed by atoms with Crippen molar-refractivity contribution in [2.75, 3.05) is 0 Å². The monoisotopic (exact) mass is 454 g/mol. The molecule has 0 radical (unpaired) electrons. The van der Waals surface area contributed by atoms with Crippen LogP contribution in [0, 0.1) is 0 Å². The first-order valence-corrected chi connectivity index (χ1v) is 12.2. The first-order valence-electron chi connectivity index (χ1n) is 12.2. The zero-order valence-electron chi connectivity index (χ0n) is 19.7. The highest BCUT2D eigenvalue weighted by Crippen LogP contribution is 2.58. The van der Waals surface area contributed by atoms with Gasteiger partial charge in [-0.2, -0.15) is 0 Å². The van der Waals surface area contributed by atoms with Gasteiger partial charge >= 0.3 is 7.12 Å². The fourth-order valence-electron chi connectivity index (χ4n) is 5.98. The Kier molecular flexibility index (Phi) is 3.68. The third-order valence-electron chi connectivity index (χ3n) is 8.25. The van der Waals surface area contributed by atoms with Crippen LogP contribution < -0.4 is 5.46 Å². The molecular weight excluding hydrogens is 431 g/mol. The number of fused-ring (bicyclic) bond motifs is 7. The van der Waals surface area contributed by atoms with Crippen molar-refractivity contribution in [2.45, 2.75) is 31.5 Å². The second-order valence-electron chi connectivity index (χ2n) is 10.5. The molecule has 2 unspecified atom stereocenters. The average Bonchev–Trinajstić information content (AvgIpc) is 3.13. The van der Waals surface area contributed by atoms with E-state index >= 15 is 0 Å². The van der Waals surface area contributed by atoms with Crippen LogP contribution in [-0.2, 0) is 9.31 Å². The first-order chi connectivity index (χ1) is 17.0. The maximum absolute atomic E-state index is 6.31. The van der Waals surface area contributed by atoms with E-state index in [0.717, 1.165) is 33.8 Å². The summed E-state index contributed by atoms with van der Waals surface area (Å²) in [5, 5.41) is 7.21. The summed E-state index contributed by atoms with van der Waals surface area (Å²) in [6.07, 6.45) is 0.962. The lowest BCUT2D eigenvalue weighted by Crippen LogP contribution is -2.35. The van der Waals surface area contributed by atoms with Crippen LogP contribution in [0.1, 0.15) is 20.3 Å². The molecule has 2 aliphatic rings. The molecular formula is C31H23BO3. The van der Waals surface area contributed by atoms with E-state index in [-0.39, 0.29) is 18.3 Å². The summed E-state index contributed by atoms with van der Waals surface area (Å²) in [5.74, 6) is 0. The maximum atomic E-state index is 6.31. The molecule has 0 N–H and O–H groups in total. The van der Waals surface area contributed by atoms with Gasteiger partial charge in [0.15, 0.2) is 0 Å². The van der Waals surface area contributed by atoms with E-state index in [1.54, 1.807) is 0 Å². The summed E-state index contributed by atoms with van der Waals surface area (Å²) in [4.78, 5) is 0. The van der Waals surface area contributed by atoms with Gasteiger partial charge in [0.05, 0.1) is 11.2 Å². The summed E-state index contributed by atoms with van der Waals surface area (Å²) in [5.41, 5.74) is 4.98. The molecule has 1 aliphatic heterocycles. The second-order valence-corrected chi connectivity index (χ2v) is 10.5. The van der Waals surface area contributed by atoms with Gasteiger partial charge in [-0.25, -0.2) is 0 Å². The van der Waals surface area contributed by atoms with Crippen LogP contribution in [0.2, 0.25) is 0 Å². The zero-order chi connectivity index (χ0) is 23.4. The lowest BCUT2D eigenvalue weighted by atomic mass is 9.77. The minimum atomic E-state index is -0.313. The fourth-order valence-corrected chi connectivity index (χ4v) is 5.98. The molecule has 0 bridgehead atoms. The van der Waals surface area contributed by atoms with Crippen molar-refractivity contribution < 1.29 is 13.7 Å². The summed E-state index contributed by atoms with van der Waals surface area (Å²) < 4.78 is 18.7. The Hall–Kier alpha value is -3.60. The van der Waals surface area contributed by atoms with E-state index in [0.29, 0.717) is 0 Å². The van der Waals surface area contributed by atoms with E-state index in [2.05, 4.69) is 92.7 Å². The molecule has 0 amide bonds. The van der Waals surface area contributed by atoms with Crippen LogP contribution in [0.15, 0.2) is 95.4 Å². The van der Waals surface area contributed by atoms with E-state index < -0.39 is 0 Å². The third kappa shape index (κ3) is 2.70. The SMILES string of the molecule is CC12CC1(C)OB(c1ccc3c(c1)cc(-c1ccc4oc5ccccc5c4c1)c1ccccc13)O2. The van der Waals surface area contributed by atoms with Gasteiger partial charge in [0.25, 0.3) is 0 Å². The van der Waals surface area contributed by atoms with E-state index in [1.807, 2.05) is 12.1 Å². The highest BCUT2D eigenvalue weighted by atomic mass is 16.7. The van der Waals surface area contributed by atoms with Gasteiger partial charge in [0.2, 0.25) is 0 Å². The Labute approximate surface area is 203 Å². The molecule has 1 aliphatic carbocycles. The molecule has 5 aromatic carbocycles. The number of benzene rings is 5. The molecule has 1 aromatic heterocycles. The van der Waals surface area contributed by atoms with Crippen molar-refractivity contribution in [2.24, 2.45) is 0 Å². The Balaban J connectivity index is 1.33. The number of para-hydroxylation sites is 1. The number of hydrogen-bond donors (Lipinski definition) is 0. The van der Waals surface area contributed by atoms with E-state index in [4.69, 9.17) is 13.7 Å². The van der Waals surface area contributed by atoms with Crippen LogP contribution in [0.4, 0.5) is 0 Å². The highest BCUT2D eigenvalue weighted by Gasteiger charge is 2.71. The summed E-state index contributed by atoms with van der Waals surface area (Å²) in [6.45, 7) is 4.30. The zero-order valence-corrected chi connectivity index (χ0v) is 19.7. The third-order valence-corrected chi connectivity index (χ3v) is 8.25. The standard InChI is InChI=1S/C31H23BO3/c1-30-18-31(30,2)35-32(34-30)21-12-13-22-20(15-21)17-26(24-8-4-3-7-23(22)24)19-11-14-29-27(16-19)25-9-5-6-10-28(25)33-29/h3-17H,18H2,1-2H3. The van der Waals surface area contributed by atoms with Crippen molar-refractivity contribution in [3.8, 4) is 11.1 Å². The molecule has 4 heteroatoms. The Morgan fingerprint density at radius 1 is 0.629 bits per heavy atom. The van der Waals surface area contributed by atoms with Crippen molar-refractivity contribution in [3.63, 3.8) is 0 Å². The predicted molar refractivity (Wildman–Crippen MR) is 143 cm³/mol. The Morgan fingerprint density at radius 3 is 2.17 bits per heavy atom. The molecule has 168 valence electrons. The predicted octanol–water partition coefficient (Wildman–Crippen LogP) is 7.22. The van der Waals surface area contributed by atoms with Crippen molar-refractivity contribution >= 4 is 56.1 Å². The molecule has 2 fully saturated rings. The smallest absolute Gasteiger partial charge is 0.456 e. The minimum absolute atomic E-state index is 0.163. The van der Waals surface area contributed by atoms with Crippen LogP contribution in [0.3, 0.4) is 0 Å². The Bertz CT molecular complexity index is 1820. The largest absolute Gasteiger partial charge is 0.494 e. The van der Waals surface area contributed by atoms with Gasteiger partial charge in [-0.15, -0.1) is 0 Å². The number of rotatable bonds is 2. The Morgan fingerprint density at radius 2 is 1.34 bits per heavy atom. The van der Waals surface area contributed by atoms with Crippen LogP contribution >= 0.6 is 0 Å². The topological polar surface area (TPSA) is 31.6 Å². The molecule has 1 saturated carbocycles. The lowest BCUT2D eigenvalue weighted by Gasteiger charge is -2.15. The minimum Gasteiger partial charge on any atom is -0.456 e. The van der Waals surface area contributed by atoms with Gasteiger partial charge in [0.1, 0.15) is 11.2 Å². The quantitative estimate of drug-likeness (QED) is 0.204. The lowest BCUT2D eigenvalue weighted by molar-refractivity contribution is 0.187. The van der Waals surface area contributed by atoms with Gasteiger partial charge < -0.3 is 13.7 Å². The van der Waals surface area contributed by atoms with Crippen molar-refractivity contribution in [1.82, 2.24) is 0 Å². The van der Waals surface area contributed by atoms with Crippen molar-refractivity contribution in [3.05, 3.63) is 91.0 Å². The summed E-state index contributed by atoms with van der Waals surface area (Å²) >= 11 is 0. The van der Waals surface area contributed by atoms with Gasteiger partial charge in [-0.05, 0) is 76.2 Å². The molecule has 2 atom stereocenters.